The first-order chi connectivity index (χ1) is 18.5. The van der Waals surface area contributed by atoms with Crippen LogP contribution in [0.1, 0.15) is 68.2 Å². The Morgan fingerprint density at radius 1 is 1.15 bits per heavy atom. The number of hydrogen-bond donors (Lipinski definition) is 2. The fourth-order valence-electron chi connectivity index (χ4n) is 4.79. The van der Waals surface area contributed by atoms with Crippen LogP contribution in [-0.4, -0.2) is 30.1 Å². The molecule has 1 saturated carbocycles. The van der Waals surface area contributed by atoms with Crippen molar-refractivity contribution in [1.29, 1.82) is 0 Å². The summed E-state index contributed by atoms with van der Waals surface area (Å²) in [5, 5.41) is 13.2. The molecule has 1 aliphatic carbocycles. The van der Waals surface area contributed by atoms with Gasteiger partial charge in [-0.2, -0.15) is 0 Å². The zero-order chi connectivity index (χ0) is 27.9. The summed E-state index contributed by atoms with van der Waals surface area (Å²) in [7, 11) is 0. The van der Waals surface area contributed by atoms with Gasteiger partial charge >= 0.3 is 0 Å². The van der Waals surface area contributed by atoms with E-state index >= 15 is 0 Å². The van der Waals surface area contributed by atoms with Crippen molar-refractivity contribution in [2.45, 2.75) is 65.6 Å². The lowest BCUT2D eigenvalue weighted by atomic mass is 9.94. The molecule has 8 nitrogen and oxygen atoms in total. The Morgan fingerprint density at radius 2 is 1.87 bits per heavy atom. The second-order valence-corrected chi connectivity index (χ2v) is 11.2. The Bertz CT molecular complexity index is 1570. The van der Waals surface area contributed by atoms with E-state index in [1.54, 1.807) is 36.7 Å². The number of carbonyl (C=O) groups excluding carboxylic acids is 1. The van der Waals surface area contributed by atoms with Crippen LogP contribution in [-0.2, 0) is 12.1 Å². The molecule has 0 spiro atoms. The number of benzene rings is 1. The van der Waals surface area contributed by atoms with Gasteiger partial charge < -0.3 is 19.6 Å². The molecule has 8 heteroatoms. The maximum absolute atomic E-state index is 13.6. The lowest BCUT2D eigenvalue weighted by Crippen LogP contribution is -2.31. The molecule has 202 valence electrons. The fraction of sp³-hybridized carbons (Fsp3) is 0.355. The Morgan fingerprint density at radius 3 is 2.51 bits per heavy atom. The predicted molar refractivity (Wildman–Crippen MR) is 153 cm³/mol. The van der Waals surface area contributed by atoms with E-state index in [0.717, 1.165) is 35.2 Å². The van der Waals surface area contributed by atoms with Gasteiger partial charge in [0.05, 0.1) is 5.60 Å². The highest BCUT2D eigenvalue weighted by molar-refractivity contribution is 6.04. The molecule has 39 heavy (non-hydrogen) atoms. The molecule has 0 atom stereocenters. The van der Waals surface area contributed by atoms with Gasteiger partial charge in [-0.05, 0) is 82.7 Å². The Balaban J connectivity index is 1.51. The molecule has 1 fully saturated rings. The number of carbonyl (C=O) groups is 1. The number of imidazole rings is 1. The van der Waals surface area contributed by atoms with Gasteiger partial charge in [0, 0.05) is 36.2 Å². The molecular formula is C31H35N5O3. The largest absolute Gasteiger partial charge is 0.386 e. The van der Waals surface area contributed by atoms with Crippen molar-refractivity contribution in [3.05, 3.63) is 88.1 Å². The van der Waals surface area contributed by atoms with Crippen LogP contribution in [0.3, 0.4) is 0 Å². The third kappa shape index (κ3) is 5.56. The fourth-order valence-corrected chi connectivity index (χ4v) is 4.79. The van der Waals surface area contributed by atoms with Crippen LogP contribution in [0.15, 0.2) is 65.7 Å². The molecule has 0 bridgehead atoms. The molecule has 0 aliphatic heterocycles. The average Bonchev–Trinajstić information content (AvgIpc) is 3.57. The molecule has 0 unspecified atom stereocenters. The number of rotatable bonds is 8. The van der Waals surface area contributed by atoms with Gasteiger partial charge in [-0.25, -0.2) is 9.97 Å². The van der Waals surface area contributed by atoms with Crippen molar-refractivity contribution in [2.75, 3.05) is 5.32 Å². The summed E-state index contributed by atoms with van der Waals surface area (Å²) in [5.41, 5.74) is 2.73. The van der Waals surface area contributed by atoms with Gasteiger partial charge in [-0.15, -0.1) is 0 Å². The lowest BCUT2D eigenvalue weighted by Gasteiger charge is -2.19. The van der Waals surface area contributed by atoms with Gasteiger partial charge in [-0.3, -0.25) is 9.59 Å². The molecule has 1 aromatic carbocycles. The van der Waals surface area contributed by atoms with Crippen molar-refractivity contribution in [1.82, 2.24) is 19.1 Å². The molecule has 3 heterocycles. The van der Waals surface area contributed by atoms with Crippen LogP contribution in [0, 0.1) is 12.8 Å². The molecule has 5 rings (SSSR count). The maximum atomic E-state index is 13.6. The zero-order valence-electron chi connectivity index (χ0n) is 23.1. The summed E-state index contributed by atoms with van der Waals surface area (Å²) in [6.45, 7) is 10.1. The quantitative estimate of drug-likeness (QED) is 0.314. The first kappa shape index (κ1) is 26.6. The van der Waals surface area contributed by atoms with E-state index in [9.17, 15) is 14.7 Å². The molecular weight excluding hydrogens is 490 g/mol. The van der Waals surface area contributed by atoms with E-state index in [2.05, 4.69) is 29.1 Å². The SMILES string of the molecule is Cc1c(-c2ccc(C(C)(C)O)cc2)cc(C(=O)Nc2cccc(-c3nccn3C(C)C)n2)c(=O)n1CC1CC1. The van der Waals surface area contributed by atoms with Gasteiger partial charge in [0.25, 0.3) is 11.5 Å². The highest BCUT2D eigenvalue weighted by Crippen LogP contribution is 2.32. The Kier molecular flexibility index (Phi) is 6.99. The van der Waals surface area contributed by atoms with Crippen molar-refractivity contribution < 1.29 is 9.90 Å². The molecule has 3 aromatic heterocycles. The minimum Gasteiger partial charge on any atom is -0.386 e. The summed E-state index contributed by atoms with van der Waals surface area (Å²) in [4.78, 5) is 36.1. The second-order valence-electron chi connectivity index (χ2n) is 11.2. The second kappa shape index (κ2) is 10.3. The van der Waals surface area contributed by atoms with Crippen molar-refractivity contribution >= 4 is 11.7 Å². The molecule has 0 radical (unpaired) electrons. The summed E-state index contributed by atoms with van der Waals surface area (Å²) < 4.78 is 3.75. The van der Waals surface area contributed by atoms with Gasteiger partial charge in [0.15, 0.2) is 5.82 Å². The van der Waals surface area contributed by atoms with Crippen LogP contribution in [0.25, 0.3) is 22.6 Å². The van der Waals surface area contributed by atoms with E-state index in [1.807, 2.05) is 54.1 Å². The first-order valence-electron chi connectivity index (χ1n) is 13.4. The summed E-state index contributed by atoms with van der Waals surface area (Å²) in [6.07, 6.45) is 5.80. The van der Waals surface area contributed by atoms with E-state index in [1.165, 1.54) is 0 Å². The average molecular weight is 526 g/mol. The maximum Gasteiger partial charge on any atom is 0.263 e. The number of aliphatic hydroxyl groups is 1. The molecule has 2 N–H and O–H groups in total. The number of nitrogens with zero attached hydrogens (tertiary/aromatic N) is 4. The first-order valence-corrected chi connectivity index (χ1v) is 13.4. The number of nitrogens with one attached hydrogen (secondary N) is 1. The highest BCUT2D eigenvalue weighted by Gasteiger charge is 2.26. The minimum atomic E-state index is -0.961. The van der Waals surface area contributed by atoms with Crippen LogP contribution in [0.2, 0.25) is 0 Å². The summed E-state index contributed by atoms with van der Waals surface area (Å²) >= 11 is 0. The number of pyridine rings is 2. The normalized spacial score (nSPS) is 13.6. The van der Waals surface area contributed by atoms with Crippen LogP contribution in [0.4, 0.5) is 5.82 Å². The molecule has 4 aromatic rings. The van der Waals surface area contributed by atoms with E-state index in [4.69, 9.17) is 0 Å². The van der Waals surface area contributed by atoms with E-state index in [-0.39, 0.29) is 17.2 Å². The van der Waals surface area contributed by atoms with Crippen molar-refractivity contribution in [3.8, 4) is 22.6 Å². The number of hydrogen-bond acceptors (Lipinski definition) is 5. The molecule has 0 saturated heterocycles. The minimum absolute atomic E-state index is 0.0682. The number of aromatic nitrogens is 4. The van der Waals surface area contributed by atoms with Crippen molar-refractivity contribution in [3.63, 3.8) is 0 Å². The summed E-state index contributed by atoms with van der Waals surface area (Å²) in [6, 6.07) is 14.8. The number of amides is 1. The topological polar surface area (TPSA) is 102 Å². The lowest BCUT2D eigenvalue weighted by molar-refractivity contribution is 0.0786. The van der Waals surface area contributed by atoms with Crippen LogP contribution >= 0.6 is 0 Å². The molecule has 1 amide bonds. The smallest absolute Gasteiger partial charge is 0.263 e. The van der Waals surface area contributed by atoms with Gasteiger partial charge in [0.1, 0.15) is 17.1 Å². The Labute approximate surface area is 228 Å². The van der Waals surface area contributed by atoms with Crippen molar-refractivity contribution in [2.24, 2.45) is 5.92 Å². The number of anilines is 1. The third-order valence-corrected chi connectivity index (χ3v) is 7.29. The van der Waals surface area contributed by atoms with E-state index in [0.29, 0.717) is 29.8 Å². The highest BCUT2D eigenvalue weighted by atomic mass is 16.3. The van der Waals surface area contributed by atoms with Crippen LogP contribution in [0.5, 0.6) is 0 Å². The Hall–Kier alpha value is -4.04. The van der Waals surface area contributed by atoms with Gasteiger partial charge in [0.2, 0.25) is 0 Å². The molecule has 1 aliphatic rings. The summed E-state index contributed by atoms with van der Waals surface area (Å²) in [5.74, 6) is 1.00. The van der Waals surface area contributed by atoms with E-state index < -0.39 is 11.5 Å². The van der Waals surface area contributed by atoms with Gasteiger partial charge in [-0.1, -0.05) is 30.3 Å². The third-order valence-electron chi connectivity index (χ3n) is 7.29. The standard InChI is InChI=1S/C31H35N5O3/c1-19(2)35-16-15-32-28(35)26-7-6-8-27(33-26)34-29(37)25-17-24(20(3)36(30(25)38)18-21-9-10-21)22-11-13-23(14-12-22)31(4,5)39/h6-8,11-17,19,21,39H,9-10,18H2,1-5H3,(H,33,34,37). The predicted octanol–water partition coefficient (Wildman–Crippen LogP) is 5.55. The van der Waals surface area contributed by atoms with Crippen LogP contribution < -0.4 is 10.9 Å². The monoisotopic (exact) mass is 525 g/mol. The zero-order valence-corrected chi connectivity index (χ0v) is 23.1.